The van der Waals surface area contributed by atoms with Crippen molar-refractivity contribution in [3.05, 3.63) is 12.7 Å². The Morgan fingerprint density at radius 1 is 1.32 bits per heavy atom. The molecule has 0 aromatic carbocycles. The van der Waals surface area contributed by atoms with Crippen LogP contribution in [0.5, 0.6) is 0 Å². The van der Waals surface area contributed by atoms with Crippen molar-refractivity contribution in [1.82, 2.24) is 4.90 Å². The van der Waals surface area contributed by atoms with Gasteiger partial charge in [0, 0.05) is 20.0 Å². The van der Waals surface area contributed by atoms with Crippen LogP contribution in [-0.2, 0) is 19.1 Å². The Kier molecular flexibility index (Phi) is 4.00. The first-order valence-corrected chi connectivity index (χ1v) is 6.03. The van der Waals surface area contributed by atoms with Crippen LogP contribution in [-0.4, -0.2) is 64.7 Å². The smallest absolute Gasteiger partial charge is 0.230 e. The standard InChI is InChI=1S/C12H17NO6/c1-3-6-10(16)11(17)9(12(18-2)19-6)13-7(14)4-5-8(13)15/h3,6,9-12,16-17H,1,4-5H2,2H3. The first-order valence-electron chi connectivity index (χ1n) is 6.03. The highest BCUT2D eigenvalue weighted by Crippen LogP contribution is 2.29. The van der Waals surface area contributed by atoms with Crippen molar-refractivity contribution < 1.29 is 29.3 Å². The molecule has 19 heavy (non-hydrogen) atoms. The molecule has 0 radical (unpaired) electrons. The van der Waals surface area contributed by atoms with Gasteiger partial charge in [-0.1, -0.05) is 6.08 Å². The second-order valence-electron chi connectivity index (χ2n) is 4.57. The molecule has 0 saturated carbocycles. The maximum Gasteiger partial charge on any atom is 0.230 e. The van der Waals surface area contributed by atoms with Gasteiger partial charge in [0.15, 0.2) is 6.29 Å². The molecule has 2 heterocycles. The molecule has 7 nitrogen and oxygen atoms in total. The molecule has 0 aromatic heterocycles. The molecule has 2 fully saturated rings. The lowest BCUT2D eigenvalue weighted by atomic mass is 9.95. The van der Waals surface area contributed by atoms with Gasteiger partial charge in [0.05, 0.1) is 0 Å². The third-order valence-corrected chi connectivity index (χ3v) is 3.46. The largest absolute Gasteiger partial charge is 0.388 e. The number of likely N-dealkylation sites (tertiary alicyclic amines) is 1. The zero-order chi connectivity index (χ0) is 14.2. The van der Waals surface area contributed by atoms with Gasteiger partial charge >= 0.3 is 0 Å². The van der Waals surface area contributed by atoms with Crippen LogP contribution in [0, 0.1) is 0 Å². The summed E-state index contributed by atoms with van der Waals surface area (Å²) in [4.78, 5) is 24.4. The van der Waals surface area contributed by atoms with Gasteiger partial charge in [0.25, 0.3) is 0 Å². The van der Waals surface area contributed by atoms with Crippen LogP contribution < -0.4 is 0 Å². The van der Waals surface area contributed by atoms with Crippen LogP contribution in [0.4, 0.5) is 0 Å². The van der Waals surface area contributed by atoms with Crippen molar-refractivity contribution in [3.63, 3.8) is 0 Å². The van der Waals surface area contributed by atoms with Crippen molar-refractivity contribution in [1.29, 1.82) is 0 Å². The summed E-state index contributed by atoms with van der Waals surface area (Å²) in [5, 5.41) is 20.0. The normalized spacial score (nSPS) is 39.7. The minimum Gasteiger partial charge on any atom is -0.388 e. The molecule has 2 saturated heterocycles. The van der Waals surface area contributed by atoms with Gasteiger partial charge in [0.1, 0.15) is 24.4 Å². The molecule has 7 heteroatoms. The number of hydrogen-bond donors (Lipinski definition) is 2. The molecule has 0 aromatic rings. The fraction of sp³-hybridized carbons (Fsp3) is 0.667. The van der Waals surface area contributed by atoms with Gasteiger partial charge in [-0.15, -0.1) is 6.58 Å². The van der Waals surface area contributed by atoms with E-state index in [0.29, 0.717) is 0 Å². The fourth-order valence-corrected chi connectivity index (χ4v) is 2.46. The Hall–Kier alpha value is -1.28. The summed E-state index contributed by atoms with van der Waals surface area (Å²) in [7, 11) is 1.34. The molecular formula is C12H17NO6. The zero-order valence-corrected chi connectivity index (χ0v) is 10.6. The van der Waals surface area contributed by atoms with Crippen LogP contribution in [0.15, 0.2) is 12.7 Å². The molecule has 2 amide bonds. The van der Waals surface area contributed by atoms with Crippen LogP contribution >= 0.6 is 0 Å². The average molecular weight is 271 g/mol. The molecule has 2 aliphatic heterocycles. The molecule has 0 bridgehead atoms. The van der Waals surface area contributed by atoms with E-state index in [-0.39, 0.29) is 12.8 Å². The molecular weight excluding hydrogens is 254 g/mol. The van der Waals surface area contributed by atoms with Gasteiger partial charge in [-0.25, -0.2) is 0 Å². The first-order chi connectivity index (χ1) is 9.01. The summed E-state index contributed by atoms with van der Waals surface area (Å²) in [5.41, 5.74) is 0. The van der Waals surface area contributed by atoms with Crippen molar-refractivity contribution in [2.75, 3.05) is 7.11 Å². The molecule has 5 atom stereocenters. The lowest BCUT2D eigenvalue weighted by Gasteiger charge is -2.44. The molecule has 0 aliphatic carbocycles. The van der Waals surface area contributed by atoms with Crippen molar-refractivity contribution >= 4 is 11.8 Å². The van der Waals surface area contributed by atoms with Gasteiger partial charge in [0.2, 0.25) is 11.8 Å². The maximum atomic E-state index is 11.7. The predicted molar refractivity (Wildman–Crippen MR) is 62.8 cm³/mol. The zero-order valence-electron chi connectivity index (χ0n) is 10.6. The highest BCUT2D eigenvalue weighted by molar-refractivity contribution is 6.02. The number of ether oxygens (including phenoxy) is 2. The fourth-order valence-electron chi connectivity index (χ4n) is 2.46. The number of imide groups is 1. The number of methoxy groups -OCH3 is 1. The van der Waals surface area contributed by atoms with E-state index < -0.39 is 42.5 Å². The highest BCUT2D eigenvalue weighted by Gasteiger charge is 2.51. The second kappa shape index (κ2) is 5.38. The summed E-state index contributed by atoms with van der Waals surface area (Å²) in [5.74, 6) is -0.798. The molecule has 2 rings (SSSR count). The Labute approximate surface area is 110 Å². The number of rotatable bonds is 3. The maximum absolute atomic E-state index is 11.7. The first kappa shape index (κ1) is 14.1. The molecule has 2 N–H and O–H groups in total. The molecule has 0 spiro atoms. The SMILES string of the molecule is C=CC1OC(OC)C(N2C(=O)CCC2=O)C(O)C1O. The quantitative estimate of drug-likeness (QED) is 0.493. The van der Waals surface area contributed by atoms with Crippen LogP contribution in [0.3, 0.4) is 0 Å². The Morgan fingerprint density at radius 3 is 2.37 bits per heavy atom. The van der Waals surface area contributed by atoms with E-state index in [0.717, 1.165) is 4.90 Å². The topological polar surface area (TPSA) is 96.3 Å². The van der Waals surface area contributed by atoms with E-state index in [4.69, 9.17) is 9.47 Å². The van der Waals surface area contributed by atoms with Crippen LogP contribution in [0.1, 0.15) is 12.8 Å². The molecule has 5 unspecified atom stereocenters. The number of hydrogen-bond acceptors (Lipinski definition) is 6. The molecule has 106 valence electrons. The minimum atomic E-state index is -1.34. The number of nitrogens with zero attached hydrogens (tertiary/aromatic N) is 1. The van der Waals surface area contributed by atoms with E-state index in [1.54, 1.807) is 0 Å². The van der Waals surface area contributed by atoms with E-state index in [1.807, 2.05) is 0 Å². The van der Waals surface area contributed by atoms with Crippen molar-refractivity contribution in [3.8, 4) is 0 Å². The Morgan fingerprint density at radius 2 is 1.89 bits per heavy atom. The number of carbonyl (C=O) groups is 2. The average Bonchev–Trinajstić information content (AvgIpc) is 2.72. The Bertz CT molecular complexity index is 380. The summed E-state index contributed by atoms with van der Waals surface area (Å²) < 4.78 is 10.5. The van der Waals surface area contributed by atoms with Crippen LogP contribution in [0.2, 0.25) is 0 Å². The highest BCUT2D eigenvalue weighted by atomic mass is 16.7. The summed E-state index contributed by atoms with van der Waals surface area (Å²) in [6.45, 7) is 3.49. The number of carbonyl (C=O) groups excluding carboxylic acids is 2. The van der Waals surface area contributed by atoms with E-state index >= 15 is 0 Å². The van der Waals surface area contributed by atoms with E-state index in [2.05, 4.69) is 6.58 Å². The van der Waals surface area contributed by atoms with E-state index in [1.165, 1.54) is 13.2 Å². The van der Waals surface area contributed by atoms with Crippen molar-refractivity contribution in [2.24, 2.45) is 0 Å². The van der Waals surface area contributed by atoms with Gasteiger partial charge in [-0.3, -0.25) is 14.5 Å². The van der Waals surface area contributed by atoms with Gasteiger partial charge in [-0.05, 0) is 0 Å². The number of aliphatic hydroxyl groups is 2. The number of aliphatic hydroxyl groups excluding tert-OH is 2. The van der Waals surface area contributed by atoms with Gasteiger partial charge in [-0.2, -0.15) is 0 Å². The lowest BCUT2D eigenvalue weighted by Crippen LogP contribution is -2.64. The summed E-state index contributed by atoms with van der Waals surface area (Å²) in [6, 6.07) is -1.04. The molecule has 2 aliphatic rings. The lowest BCUT2D eigenvalue weighted by molar-refractivity contribution is -0.260. The third kappa shape index (κ3) is 2.30. The monoisotopic (exact) mass is 271 g/mol. The van der Waals surface area contributed by atoms with Crippen molar-refractivity contribution in [2.45, 2.75) is 43.5 Å². The Balaban J connectivity index is 2.28. The van der Waals surface area contributed by atoms with E-state index in [9.17, 15) is 19.8 Å². The summed E-state index contributed by atoms with van der Waals surface area (Å²) >= 11 is 0. The van der Waals surface area contributed by atoms with Crippen LogP contribution in [0.25, 0.3) is 0 Å². The minimum absolute atomic E-state index is 0.0967. The number of amides is 2. The van der Waals surface area contributed by atoms with Gasteiger partial charge < -0.3 is 19.7 Å². The predicted octanol–water partition coefficient (Wildman–Crippen LogP) is -1.22. The summed E-state index contributed by atoms with van der Waals surface area (Å²) in [6.07, 6.45) is -2.89. The second-order valence-corrected chi connectivity index (χ2v) is 4.57. The third-order valence-electron chi connectivity index (χ3n) is 3.46.